The first-order chi connectivity index (χ1) is 11.3. The van der Waals surface area contributed by atoms with Crippen LogP contribution in [0.15, 0.2) is 11.6 Å². The molecule has 0 aliphatic carbocycles. The van der Waals surface area contributed by atoms with E-state index in [-0.39, 0.29) is 37.1 Å². The van der Waals surface area contributed by atoms with E-state index in [4.69, 9.17) is 9.47 Å². The van der Waals surface area contributed by atoms with E-state index in [1.54, 1.807) is 19.9 Å². The summed E-state index contributed by atoms with van der Waals surface area (Å²) in [7, 11) is 0. The molecule has 5 atom stereocenters. The second-order valence-corrected chi connectivity index (χ2v) is 7.47. The topological polar surface area (TPSA) is 76.1 Å². The molecule has 6 nitrogen and oxygen atoms in total. The van der Waals surface area contributed by atoms with Crippen molar-refractivity contribution in [2.75, 3.05) is 19.7 Å². The van der Waals surface area contributed by atoms with E-state index in [1.165, 1.54) is 6.92 Å². The van der Waals surface area contributed by atoms with Gasteiger partial charge in [-0.05, 0) is 45.6 Å². The zero-order valence-corrected chi connectivity index (χ0v) is 14.7. The van der Waals surface area contributed by atoms with Crippen molar-refractivity contribution in [2.45, 2.75) is 57.8 Å². The van der Waals surface area contributed by atoms with Crippen LogP contribution in [0.2, 0.25) is 0 Å². The van der Waals surface area contributed by atoms with Gasteiger partial charge in [0.25, 0.3) is 0 Å². The van der Waals surface area contributed by atoms with Crippen molar-refractivity contribution >= 4 is 11.9 Å². The summed E-state index contributed by atoms with van der Waals surface area (Å²) < 4.78 is 11.3. The molecule has 3 fully saturated rings. The summed E-state index contributed by atoms with van der Waals surface area (Å²) in [4.78, 5) is 27.3. The van der Waals surface area contributed by atoms with Crippen LogP contribution in [-0.4, -0.2) is 59.4 Å². The van der Waals surface area contributed by atoms with Crippen LogP contribution in [0.3, 0.4) is 0 Å². The summed E-state index contributed by atoms with van der Waals surface area (Å²) in [6.07, 6.45) is 3.59. The minimum absolute atomic E-state index is 0.113. The van der Waals surface area contributed by atoms with Crippen LogP contribution in [0.1, 0.15) is 40.0 Å². The quantitative estimate of drug-likeness (QED) is 0.530. The zero-order valence-electron chi connectivity index (χ0n) is 14.7. The number of hydrogen-bond acceptors (Lipinski definition) is 6. The largest absolute Gasteiger partial charge is 0.463 e. The number of ether oxygens (including phenoxy) is 2. The molecule has 6 heteroatoms. The first-order valence-electron chi connectivity index (χ1n) is 8.84. The number of cyclic esters (lactones) is 1. The molecular formula is C18H27NO5. The monoisotopic (exact) mass is 337 g/mol. The lowest BCUT2D eigenvalue weighted by Crippen LogP contribution is -2.46. The molecule has 0 amide bonds. The van der Waals surface area contributed by atoms with Gasteiger partial charge in [-0.2, -0.15) is 0 Å². The van der Waals surface area contributed by atoms with Crippen LogP contribution < -0.4 is 0 Å². The highest BCUT2D eigenvalue weighted by atomic mass is 16.6. The molecule has 0 bridgehead atoms. The SMILES string of the molecule is C/C=C1/C[C@@H](C)[C@@](C)(O)C(=O)OC[C@H]2CCN3CC[C@@H](OC1=O)[C@H]23. The van der Waals surface area contributed by atoms with Crippen LogP contribution in [0.5, 0.6) is 0 Å². The van der Waals surface area contributed by atoms with Crippen molar-refractivity contribution in [3.8, 4) is 0 Å². The van der Waals surface area contributed by atoms with Crippen LogP contribution in [-0.2, 0) is 19.1 Å². The maximum atomic E-state index is 12.6. The molecule has 3 saturated heterocycles. The minimum Gasteiger partial charge on any atom is -0.463 e. The van der Waals surface area contributed by atoms with Crippen molar-refractivity contribution in [2.24, 2.45) is 11.8 Å². The van der Waals surface area contributed by atoms with Gasteiger partial charge in [-0.25, -0.2) is 9.59 Å². The van der Waals surface area contributed by atoms with E-state index < -0.39 is 17.5 Å². The Kier molecular flexibility index (Phi) is 4.71. The maximum absolute atomic E-state index is 12.6. The highest BCUT2D eigenvalue weighted by molar-refractivity contribution is 5.89. The average Bonchev–Trinajstić information content (AvgIpc) is 3.12. The number of esters is 2. The number of allylic oxidation sites excluding steroid dienone is 1. The van der Waals surface area contributed by atoms with Crippen molar-refractivity contribution in [3.05, 3.63) is 11.6 Å². The second kappa shape index (κ2) is 6.48. The lowest BCUT2D eigenvalue weighted by molar-refractivity contribution is -0.172. The first-order valence-corrected chi connectivity index (χ1v) is 8.84. The van der Waals surface area contributed by atoms with Gasteiger partial charge in [0.2, 0.25) is 0 Å². The van der Waals surface area contributed by atoms with Crippen molar-refractivity contribution in [1.82, 2.24) is 4.90 Å². The van der Waals surface area contributed by atoms with Gasteiger partial charge in [0, 0.05) is 18.0 Å². The molecule has 0 spiro atoms. The lowest BCUT2D eigenvalue weighted by Gasteiger charge is -2.32. The van der Waals surface area contributed by atoms with Crippen LogP contribution in [0, 0.1) is 11.8 Å². The number of carbonyl (C=O) groups excluding carboxylic acids is 2. The van der Waals surface area contributed by atoms with Crippen molar-refractivity contribution in [3.63, 3.8) is 0 Å². The third-order valence-electron chi connectivity index (χ3n) is 5.97. The predicted molar refractivity (Wildman–Crippen MR) is 87.1 cm³/mol. The van der Waals surface area contributed by atoms with Gasteiger partial charge in [0.1, 0.15) is 6.10 Å². The predicted octanol–water partition coefficient (Wildman–Crippen LogP) is 1.27. The molecular weight excluding hydrogens is 310 g/mol. The van der Waals surface area contributed by atoms with Crippen LogP contribution in [0.4, 0.5) is 0 Å². The Bertz CT molecular complexity index is 556. The molecule has 0 aromatic heterocycles. The van der Waals surface area contributed by atoms with Crippen LogP contribution in [0.25, 0.3) is 0 Å². The van der Waals surface area contributed by atoms with Gasteiger partial charge < -0.3 is 14.6 Å². The van der Waals surface area contributed by atoms with Gasteiger partial charge in [-0.15, -0.1) is 0 Å². The van der Waals surface area contributed by atoms with Gasteiger partial charge in [0.15, 0.2) is 5.60 Å². The maximum Gasteiger partial charge on any atom is 0.338 e. The van der Waals surface area contributed by atoms with E-state index in [1.807, 2.05) is 0 Å². The third-order valence-corrected chi connectivity index (χ3v) is 5.97. The first kappa shape index (κ1) is 17.4. The molecule has 3 aliphatic heterocycles. The summed E-state index contributed by atoms with van der Waals surface area (Å²) >= 11 is 0. The molecule has 3 aliphatic rings. The third kappa shape index (κ3) is 2.97. The number of rotatable bonds is 0. The fraction of sp³-hybridized carbons (Fsp3) is 0.778. The number of nitrogens with zero attached hydrogens (tertiary/aromatic N) is 1. The lowest BCUT2D eigenvalue weighted by atomic mass is 9.85. The summed E-state index contributed by atoms with van der Waals surface area (Å²) in [5, 5.41) is 10.6. The Morgan fingerprint density at radius 3 is 2.71 bits per heavy atom. The Balaban J connectivity index is 1.89. The number of carbonyl (C=O) groups is 2. The molecule has 0 saturated carbocycles. The summed E-state index contributed by atoms with van der Waals surface area (Å²) in [5.41, 5.74) is -1.12. The standard InChI is InChI=1S/C18H27NO5/c1-4-12-9-11(2)18(3,22)17(21)23-10-13-5-7-19-8-6-14(15(13)19)24-16(12)20/h4,11,13-15,22H,5-10H2,1-3H3/b12-4-/t11-,13-,14-,15+,18-/m1/s1. The zero-order chi connectivity index (χ0) is 17.5. The molecule has 3 heterocycles. The van der Waals surface area contributed by atoms with Crippen molar-refractivity contribution < 1.29 is 24.2 Å². The normalized spacial score (nSPS) is 42.9. The molecule has 1 N–H and O–H groups in total. The van der Waals surface area contributed by atoms with E-state index in [0.29, 0.717) is 5.57 Å². The highest BCUT2D eigenvalue weighted by Crippen LogP contribution is 2.36. The molecule has 134 valence electrons. The van der Waals surface area contributed by atoms with Crippen LogP contribution >= 0.6 is 0 Å². The van der Waals surface area contributed by atoms with Gasteiger partial charge in [-0.3, -0.25) is 4.90 Å². The molecule has 3 rings (SSSR count). The second-order valence-electron chi connectivity index (χ2n) is 7.47. The van der Waals surface area contributed by atoms with E-state index in [9.17, 15) is 14.7 Å². The fourth-order valence-corrected chi connectivity index (χ4v) is 4.11. The van der Waals surface area contributed by atoms with Gasteiger partial charge >= 0.3 is 11.9 Å². The fourth-order valence-electron chi connectivity index (χ4n) is 4.11. The van der Waals surface area contributed by atoms with E-state index in [2.05, 4.69) is 4.90 Å². The smallest absolute Gasteiger partial charge is 0.338 e. The minimum atomic E-state index is -1.62. The summed E-state index contributed by atoms with van der Waals surface area (Å²) in [5.74, 6) is -1.23. The number of hydrogen-bond donors (Lipinski definition) is 1. The Hall–Kier alpha value is -1.40. The molecule has 0 aromatic rings. The Morgan fingerprint density at radius 2 is 2.00 bits per heavy atom. The summed E-state index contributed by atoms with van der Waals surface area (Å²) in [6, 6.07) is 0.113. The van der Waals surface area contributed by atoms with E-state index in [0.717, 1.165) is 25.9 Å². The summed E-state index contributed by atoms with van der Waals surface area (Å²) in [6.45, 7) is 7.11. The van der Waals surface area contributed by atoms with E-state index >= 15 is 0 Å². The van der Waals surface area contributed by atoms with Crippen molar-refractivity contribution in [1.29, 1.82) is 0 Å². The highest BCUT2D eigenvalue weighted by Gasteiger charge is 2.48. The molecule has 0 unspecified atom stereocenters. The molecule has 24 heavy (non-hydrogen) atoms. The van der Waals surface area contributed by atoms with Gasteiger partial charge in [0.05, 0.1) is 12.6 Å². The Morgan fingerprint density at radius 1 is 1.29 bits per heavy atom. The number of aliphatic hydroxyl groups is 1. The Labute approximate surface area is 142 Å². The van der Waals surface area contributed by atoms with Gasteiger partial charge in [-0.1, -0.05) is 13.0 Å². The average molecular weight is 337 g/mol. The molecule has 0 radical (unpaired) electrons. The molecule has 0 aromatic carbocycles.